The number of ether oxygens (including phenoxy) is 1. The van der Waals surface area contributed by atoms with E-state index in [1.807, 2.05) is 12.1 Å². The monoisotopic (exact) mass is 242 g/mol. The van der Waals surface area contributed by atoms with Gasteiger partial charge in [0.25, 0.3) is 0 Å². The molecule has 0 aliphatic carbocycles. The highest BCUT2D eigenvalue weighted by atomic mass is 35.5. The summed E-state index contributed by atoms with van der Waals surface area (Å²) in [5, 5.41) is 4.00. The molecule has 4 heteroatoms. The first-order valence-electron chi connectivity index (χ1n) is 5.26. The lowest BCUT2D eigenvalue weighted by Crippen LogP contribution is -2.31. The van der Waals surface area contributed by atoms with Crippen LogP contribution < -0.4 is 15.8 Å². The van der Waals surface area contributed by atoms with Gasteiger partial charge in [0.1, 0.15) is 5.75 Å². The highest BCUT2D eigenvalue weighted by Gasteiger charge is 2.16. The van der Waals surface area contributed by atoms with Gasteiger partial charge >= 0.3 is 0 Å². The average molecular weight is 243 g/mol. The zero-order valence-electron chi connectivity index (χ0n) is 10.0. The van der Waals surface area contributed by atoms with Crippen molar-refractivity contribution < 1.29 is 4.74 Å². The van der Waals surface area contributed by atoms with Gasteiger partial charge in [-0.15, -0.1) is 0 Å². The molecule has 90 valence electrons. The zero-order chi connectivity index (χ0) is 12.2. The van der Waals surface area contributed by atoms with Gasteiger partial charge in [-0.25, -0.2) is 0 Å². The van der Waals surface area contributed by atoms with Gasteiger partial charge in [0, 0.05) is 11.6 Å². The number of hydrogen-bond donors (Lipinski definition) is 2. The highest BCUT2D eigenvalue weighted by molar-refractivity contribution is 6.30. The second-order valence-corrected chi connectivity index (χ2v) is 5.00. The number of rotatable bonds is 5. The van der Waals surface area contributed by atoms with Crippen molar-refractivity contribution in [2.24, 2.45) is 11.1 Å². The minimum atomic E-state index is 0.0489. The third kappa shape index (κ3) is 3.58. The standard InChI is InChI=1S/C12H19ClN2O/c1-12(2,7-14)8-15-10-6-9(13)4-5-11(10)16-3/h4-6,15H,7-8,14H2,1-3H3. The van der Waals surface area contributed by atoms with Gasteiger partial charge in [0.05, 0.1) is 12.8 Å². The highest BCUT2D eigenvalue weighted by Crippen LogP contribution is 2.28. The molecular weight excluding hydrogens is 224 g/mol. The van der Waals surface area contributed by atoms with Crippen LogP contribution in [-0.4, -0.2) is 20.2 Å². The summed E-state index contributed by atoms with van der Waals surface area (Å²) in [4.78, 5) is 0. The van der Waals surface area contributed by atoms with E-state index >= 15 is 0 Å². The van der Waals surface area contributed by atoms with Crippen LogP contribution in [0.4, 0.5) is 5.69 Å². The number of methoxy groups -OCH3 is 1. The van der Waals surface area contributed by atoms with Crippen LogP contribution in [0, 0.1) is 5.41 Å². The molecule has 0 spiro atoms. The maximum atomic E-state index is 5.94. The van der Waals surface area contributed by atoms with E-state index < -0.39 is 0 Å². The van der Waals surface area contributed by atoms with E-state index in [-0.39, 0.29) is 5.41 Å². The molecule has 1 rings (SSSR count). The van der Waals surface area contributed by atoms with Gasteiger partial charge in [-0.2, -0.15) is 0 Å². The molecule has 0 heterocycles. The fourth-order valence-electron chi connectivity index (χ4n) is 1.23. The molecule has 0 fully saturated rings. The summed E-state index contributed by atoms with van der Waals surface area (Å²) in [5.41, 5.74) is 6.62. The van der Waals surface area contributed by atoms with Crippen LogP contribution >= 0.6 is 11.6 Å². The number of nitrogens with two attached hydrogens (primary N) is 1. The lowest BCUT2D eigenvalue weighted by atomic mass is 9.94. The maximum absolute atomic E-state index is 5.94. The van der Waals surface area contributed by atoms with Crippen LogP contribution in [0.5, 0.6) is 5.75 Å². The maximum Gasteiger partial charge on any atom is 0.142 e. The Morgan fingerprint density at radius 1 is 1.44 bits per heavy atom. The van der Waals surface area contributed by atoms with E-state index in [0.29, 0.717) is 11.6 Å². The summed E-state index contributed by atoms with van der Waals surface area (Å²) in [5.74, 6) is 0.789. The summed E-state index contributed by atoms with van der Waals surface area (Å²) < 4.78 is 5.25. The van der Waals surface area contributed by atoms with E-state index in [1.165, 1.54) is 0 Å². The van der Waals surface area contributed by atoms with Crippen LogP contribution in [-0.2, 0) is 0 Å². The van der Waals surface area contributed by atoms with E-state index in [1.54, 1.807) is 13.2 Å². The number of halogens is 1. The molecule has 0 bridgehead atoms. The normalized spacial score (nSPS) is 11.3. The lowest BCUT2D eigenvalue weighted by Gasteiger charge is -2.24. The summed E-state index contributed by atoms with van der Waals surface area (Å²) >= 11 is 5.94. The number of benzene rings is 1. The topological polar surface area (TPSA) is 47.3 Å². The van der Waals surface area contributed by atoms with Gasteiger partial charge in [-0.3, -0.25) is 0 Å². The van der Waals surface area contributed by atoms with Crippen molar-refractivity contribution in [1.82, 2.24) is 0 Å². The molecule has 1 aromatic rings. The fraction of sp³-hybridized carbons (Fsp3) is 0.500. The second kappa shape index (κ2) is 5.41. The molecular formula is C12H19ClN2O. The molecule has 0 unspecified atom stereocenters. The third-order valence-corrected chi connectivity index (χ3v) is 2.71. The summed E-state index contributed by atoms with van der Waals surface area (Å²) in [6, 6.07) is 5.51. The van der Waals surface area contributed by atoms with Gasteiger partial charge < -0.3 is 15.8 Å². The van der Waals surface area contributed by atoms with E-state index in [4.69, 9.17) is 22.1 Å². The number of nitrogens with one attached hydrogen (secondary N) is 1. The SMILES string of the molecule is COc1ccc(Cl)cc1NCC(C)(C)CN. The van der Waals surface area contributed by atoms with Crippen molar-refractivity contribution in [1.29, 1.82) is 0 Å². The molecule has 0 amide bonds. The Bertz CT molecular complexity index is 353. The Hall–Kier alpha value is -0.930. The van der Waals surface area contributed by atoms with Crippen molar-refractivity contribution in [2.75, 3.05) is 25.5 Å². The molecule has 0 atom stereocenters. The van der Waals surface area contributed by atoms with Crippen LogP contribution in [0.25, 0.3) is 0 Å². The zero-order valence-corrected chi connectivity index (χ0v) is 10.8. The van der Waals surface area contributed by atoms with E-state index in [0.717, 1.165) is 18.0 Å². The van der Waals surface area contributed by atoms with Crippen LogP contribution in [0.15, 0.2) is 18.2 Å². The number of hydrogen-bond acceptors (Lipinski definition) is 3. The summed E-state index contributed by atoms with van der Waals surface area (Å²) in [6.07, 6.45) is 0. The average Bonchev–Trinajstić information content (AvgIpc) is 2.27. The summed E-state index contributed by atoms with van der Waals surface area (Å²) in [6.45, 7) is 5.62. The van der Waals surface area contributed by atoms with Crippen LogP contribution in [0.2, 0.25) is 5.02 Å². The second-order valence-electron chi connectivity index (χ2n) is 4.57. The molecule has 16 heavy (non-hydrogen) atoms. The quantitative estimate of drug-likeness (QED) is 0.835. The Morgan fingerprint density at radius 3 is 2.69 bits per heavy atom. The first kappa shape index (κ1) is 13.1. The third-order valence-electron chi connectivity index (χ3n) is 2.47. The first-order chi connectivity index (χ1) is 7.48. The molecule has 0 saturated heterocycles. The van der Waals surface area contributed by atoms with Crippen LogP contribution in [0.1, 0.15) is 13.8 Å². The van der Waals surface area contributed by atoms with Crippen LogP contribution in [0.3, 0.4) is 0 Å². The Balaban J connectivity index is 2.76. The molecule has 0 aliphatic rings. The van der Waals surface area contributed by atoms with Crippen molar-refractivity contribution in [3.8, 4) is 5.75 Å². The van der Waals surface area contributed by atoms with Gasteiger partial charge in [0.2, 0.25) is 0 Å². The van der Waals surface area contributed by atoms with Gasteiger partial charge in [-0.1, -0.05) is 25.4 Å². The smallest absolute Gasteiger partial charge is 0.142 e. The fourth-order valence-corrected chi connectivity index (χ4v) is 1.40. The van der Waals surface area contributed by atoms with E-state index in [9.17, 15) is 0 Å². The number of anilines is 1. The largest absolute Gasteiger partial charge is 0.495 e. The lowest BCUT2D eigenvalue weighted by molar-refractivity contribution is 0.399. The van der Waals surface area contributed by atoms with E-state index in [2.05, 4.69) is 19.2 Å². The van der Waals surface area contributed by atoms with Gasteiger partial charge in [-0.05, 0) is 30.2 Å². The predicted octanol–water partition coefficient (Wildman–Crippen LogP) is 2.75. The first-order valence-corrected chi connectivity index (χ1v) is 5.64. The van der Waals surface area contributed by atoms with Crippen molar-refractivity contribution >= 4 is 17.3 Å². The Labute approximate surface area is 102 Å². The van der Waals surface area contributed by atoms with Crippen molar-refractivity contribution in [2.45, 2.75) is 13.8 Å². The van der Waals surface area contributed by atoms with Crippen molar-refractivity contribution in [3.05, 3.63) is 23.2 Å². The molecule has 3 N–H and O–H groups in total. The minimum absolute atomic E-state index is 0.0489. The molecule has 0 aliphatic heterocycles. The molecule has 1 aromatic carbocycles. The molecule has 0 aromatic heterocycles. The van der Waals surface area contributed by atoms with Crippen molar-refractivity contribution in [3.63, 3.8) is 0 Å². The predicted molar refractivity (Wildman–Crippen MR) is 69.3 cm³/mol. The Morgan fingerprint density at radius 2 is 2.12 bits per heavy atom. The molecule has 0 saturated carbocycles. The van der Waals surface area contributed by atoms with Gasteiger partial charge in [0.15, 0.2) is 0 Å². The Kier molecular flexibility index (Phi) is 4.44. The molecule has 3 nitrogen and oxygen atoms in total. The summed E-state index contributed by atoms with van der Waals surface area (Å²) in [7, 11) is 1.64. The minimum Gasteiger partial charge on any atom is -0.495 e. The molecule has 0 radical (unpaired) electrons.